The second-order valence-corrected chi connectivity index (χ2v) is 10.6. The Bertz CT molecular complexity index is 1800. The van der Waals surface area contributed by atoms with Crippen LogP contribution in [-0.4, -0.2) is 30.0 Å². The lowest BCUT2D eigenvalue weighted by Gasteiger charge is -2.26. The van der Waals surface area contributed by atoms with Gasteiger partial charge in [0.25, 0.3) is 5.56 Å². The first-order valence-electron chi connectivity index (χ1n) is 12.6. The maximum Gasteiger partial charge on any atom is 0.338 e. The summed E-state index contributed by atoms with van der Waals surface area (Å²) in [6, 6.07) is 25.7. The number of aromatic nitrogens is 1. The van der Waals surface area contributed by atoms with Crippen LogP contribution in [0.5, 0.6) is 5.75 Å². The Kier molecular flexibility index (Phi) is 8.29. The monoisotopic (exact) mass is 567 g/mol. The molecule has 1 aromatic heterocycles. The molecule has 0 spiro atoms. The molecule has 7 nitrogen and oxygen atoms in total. The molecule has 2 heterocycles. The van der Waals surface area contributed by atoms with E-state index in [1.54, 1.807) is 47.5 Å². The summed E-state index contributed by atoms with van der Waals surface area (Å²) < 4.78 is 13.0. The first-order chi connectivity index (χ1) is 19.5. The number of thioether (sulfide) groups is 1. The van der Waals surface area contributed by atoms with Crippen LogP contribution < -0.4 is 19.6 Å². The van der Waals surface area contributed by atoms with Gasteiger partial charge in [0.15, 0.2) is 11.4 Å². The van der Waals surface area contributed by atoms with Gasteiger partial charge in [0, 0.05) is 10.5 Å². The third kappa shape index (κ3) is 5.50. The second-order valence-electron chi connectivity index (χ2n) is 8.72. The topological polar surface area (TPSA) is 93.7 Å². The van der Waals surface area contributed by atoms with Gasteiger partial charge in [-0.15, -0.1) is 11.8 Å². The smallest absolute Gasteiger partial charge is 0.338 e. The van der Waals surface area contributed by atoms with Crippen molar-refractivity contribution in [3.8, 4) is 11.8 Å². The summed E-state index contributed by atoms with van der Waals surface area (Å²) in [5.74, 6) is 0.0199. The van der Waals surface area contributed by atoms with Crippen molar-refractivity contribution in [1.82, 2.24) is 4.57 Å². The predicted molar refractivity (Wildman–Crippen MR) is 157 cm³/mol. The van der Waals surface area contributed by atoms with Crippen molar-refractivity contribution in [2.24, 2.45) is 4.99 Å². The van der Waals surface area contributed by atoms with E-state index in [0.29, 0.717) is 26.4 Å². The molecule has 1 aliphatic rings. The molecule has 0 saturated heterocycles. The second kappa shape index (κ2) is 12.2. The molecule has 0 aliphatic carbocycles. The van der Waals surface area contributed by atoms with Crippen LogP contribution in [0.25, 0.3) is 11.8 Å². The minimum Gasteiger partial charge on any atom is -0.479 e. The Hall–Kier alpha value is -4.39. The maximum atomic E-state index is 14.0. The predicted octanol–water partition coefficient (Wildman–Crippen LogP) is 4.56. The van der Waals surface area contributed by atoms with Crippen molar-refractivity contribution >= 4 is 40.8 Å². The standard InChI is InChI=1S/C31H25N3O4S2/c1-3-37-30(36)26-27(21-9-5-4-6-10-21)33-31-34(28(26)22-12-14-24(39-2)15-13-22)29(35)25(40-31)19-20-8-7-11-23(18-20)38-17-16-32/h4-15,18-19,28H,3,17H2,1-2H3/b25-19-/t28-/m0/s1. The van der Waals surface area contributed by atoms with Crippen molar-refractivity contribution < 1.29 is 14.3 Å². The average molecular weight is 568 g/mol. The van der Waals surface area contributed by atoms with Gasteiger partial charge in [-0.2, -0.15) is 5.26 Å². The quantitative estimate of drug-likeness (QED) is 0.229. The van der Waals surface area contributed by atoms with Crippen LogP contribution in [0.3, 0.4) is 0 Å². The number of rotatable bonds is 8. The summed E-state index contributed by atoms with van der Waals surface area (Å²) in [5.41, 5.74) is 2.82. The lowest BCUT2D eigenvalue weighted by Crippen LogP contribution is -2.40. The van der Waals surface area contributed by atoms with Gasteiger partial charge in [-0.1, -0.05) is 65.9 Å². The first kappa shape index (κ1) is 27.2. The van der Waals surface area contributed by atoms with Crippen molar-refractivity contribution in [3.05, 3.63) is 121 Å². The third-order valence-electron chi connectivity index (χ3n) is 6.26. The van der Waals surface area contributed by atoms with Gasteiger partial charge in [0.2, 0.25) is 0 Å². The number of hydrogen-bond acceptors (Lipinski definition) is 8. The molecule has 0 unspecified atom stereocenters. The van der Waals surface area contributed by atoms with E-state index in [4.69, 9.17) is 19.7 Å². The van der Waals surface area contributed by atoms with Crippen LogP contribution in [-0.2, 0) is 9.53 Å². The molecule has 0 fully saturated rings. The van der Waals surface area contributed by atoms with Crippen molar-refractivity contribution in [2.75, 3.05) is 19.5 Å². The van der Waals surface area contributed by atoms with Crippen LogP contribution in [0.2, 0.25) is 0 Å². The maximum absolute atomic E-state index is 14.0. The normalized spacial score (nSPS) is 14.7. The Labute approximate surface area is 239 Å². The highest BCUT2D eigenvalue weighted by molar-refractivity contribution is 7.98. The molecule has 0 radical (unpaired) electrons. The van der Waals surface area contributed by atoms with E-state index in [9.17, 15) is 9.59 Å². The van der Waals surface area contributed by atoms with Crippen LogP contribution in [0.4, 0.5) is 0 Å². The van der Waals surface area contributed by atoms with E-state index in [1.165, 1.54) is 11.3 Å². The Balaban J connectivity index is 1.76. The largest absolute Gasteiger partial charge is 0.479 e. The molecule has 40 heavy (non-hydrogen) atoms. The van der Waals surface area contributed by atoms with Gasteiger partial charge >= 0.3 is 5.97 Å². The van der Waals surface area contributed by atoms with E-state index < -0.39 is 12.0 Å². The third-order valence-corrected chi connectivity index (χ3v) is 7.99. The summed E-state index contributed by atoms with van der Waals surface area (Å²) in [6.45, 7) is 1.88. The number of thiazole rings is 1. The van der Waals surface area contributed by atoms with Crippen LogP contribution >= 0.6 is 23.1 Å². The Morgan fingerprint density at radius 3 is 2.60 bits per heavy atom. The summed E-state index contributed by atoms with van der Waals surface area (Å²) in [6.07, 6.45) is 3.77. The Morgan fingerprint density at radius 2 is 1.90 bits per heavy atom. The molecule has 4 aromatic rings. The van der Waals surface area contributed by atoms with Crippen LogP contribution in [0.15, 0.2) is 99.1 Å². The molecular weight excluding hydrogens is 542 g/mol. The lowest BCUT2D eigenvalue weighted by molar-refractivity contribution is -0.138. The summed E-state index contributed by atoms with van der Waals surface area (Å²) >= 11 is 2.87. The van der Waals surface area contributed by atoms with Crippen molar-refractivity contribution in [3.63, 3.8) is 0 Å². The Morgan fingerprint density at radius 1 is 1.12 bits per heavy atom. The van der Waals surface area contributed by atoms with Crippen molar-refractivity contribution in [2.45, 2.75) is 17.9 Å². The molecule has 0 saturated carbocycles. The number of esters is 1. The molecule has 0 bridgehead atoms. The zero-order valence-corrected chi connectivity index (χ0v) is 23.5. The highest BCUT2D eigenvalue weighted by atomic mass is 32.2. The number of benzene rings is 3. The molecule has 5 rings (SSSR count). The highest BCUT2D eigenvalue weighted by Gasteiger charge is 2.35. The zero-order valence-electron chi connectivity index (χ0n) is 21.9. The van der Waals surface area contributed by atoms with Gasteiger partial charge in [-0.3, -0.25) is 9.36 Å². The van der Waals surface area contributed by atoms with Gasteiger partial charge in [0.05, 0.1) is 28.5 Å². The number of carbonyl (C=O) groups excluding carboxylic acids is 1. The fourth-order valence-corrected chi connectivity index (χ4v) is 5.91. The lowest BCUT2D eigenvalue weighted by atomic mass is 9.93. The summed E-state index contributed by atoms with van der Waals surface area (Å²) in [4.78, 5) is 33.9. The highest BCUT2D eigenvalue weighted by Crippen LogP contribution is 2.35. The number of nitrogens with zero attached hydrogens (tertiary/aromatic N) is 3. The number of carbonyl (C=O) groups is 1. The molecule has 0 amide bonds. The molecule has 1 atom stereocenters. The van der Waals surface area contributed by atoms with E-state index >= 15 is 0 Å². The minimum absolute atomic E-state index is 0.0696. The van der Waals surface area contributed by atoms with E-state index in [-0.39, 0.29) is 18.8 Å². The average Bonchev–Trinajstić information content (AvgIpc) is 3.30. The van der Waals surface area contributed by atoms with E-state index in [1.807, 2.05) is 73.0 Å². The van der Waals surface area contributed by atoms with Gasteiger partial charge in [0.1, 0.15) is 11.8 Å². The number of nitriles is 1. The molecule has 200 valence electrons. The molecule has 9 heteroatoms. The minimum atomic E-state index is -0.728. The zero-order chi connectivity index (χ0) is 28.1. The SMILES string of the molecule is CCOC(=O)C1=C(c2ccccc2)N=c2s/c(=C\c3cccc(OCC#N)c3)c(=O)n2[C@H]1c1ccc(SC)cc1. The fraction of sp³-hybridized carbons (Fsp3) is 0.161. The van der Waals surface area contributed by atoms with Crippen LogP contribution in [0.1, 0.15) is 29.7 Å². The number of fused-ring (bicyclic) bond motifs is 1. The van der Waals surface area contributed by atoms with E-state index in [2.05, 4.69) is 0 Å². The van der Waals surface area contributed by atoms with Gasteiger partial charge in [-0.25, -0.2) is 9.79 Å². The fourth-order valence-electron chi connectivity index (χ4n) is 4.50. The molecular formula is C31H25N3O4S2. The van der Waals surface area contributed by atoms with E-state index in [0.717, 1.165) is 21.6 Å². The summed E-state index contributed by atoms with van der Waals surface area (Å²) in [7, 11) is 0. The van der Waals surface area contributed by atoms with Crippen LogP contribution in [0, 0.1) is 11.3 Å². The first-order valence-corrected chi connectivity index (χ1v) is 14.6. The molecule has 1 aliphatic heterocycles. The molecule has 0 N–H and O–H groups in total. The van der Waals surface area contributed by atoms with Crippen molar-refractivity contribution in [1.29, 1.82) is 5.26 Å². The molecule has 3 aromatic carbocycles. The number of ether oxygens (including phenoxy) is 2. The van der Waals surface area contributed by atoms with Gasteiger partial charge < -0.3 is 9.47 Å². The van der Waals surface area contributed by atoms with Gasteiger partial charge in [-0.05, 0) is 54.6 Å². The number of hydrogen-bond donors (Lipinski definition) is 0. The summed E-state index contributed by atoms with van der Waals surface area (Å²) in [5, 5.41) is 8.83.